The summed E-state index contributed by atoms with van der Waals surface area (Å²) >= 11 is 1.62. The lowest BCUT2D eigenvalue weighted by molar-refractivity contribution is -0.129. The van der Waals surface area contributed by atoms with Crippen molar-refractivity contribution < 1.29 is 9.53 Å². The van der Waals surface area contributed by atoms with Crippen LogP contribution in [0.4, 0.5) is 5.69 Å². The second-order valence-corrected chi connectivity index (χ2v) is 11.9. The van der Waals surface area contributed by atoms with Crippen LogP contribution in [0.1, 0.15) is 60.4 Å². The van der Waals surface area contributed by atoms with Crippen LogP contribution in [0.2, 0.25) is 0 Å². The fourth-order valence-electron chi connectivity index (χ4n) is 5.77. The van der Waals surface area contributed by atoms with E-state index in [0.717, 1.165) is 28.3 Å². The van der Waals surface area contributed by atoms with Crippen LogP contribution in [0.25, 0.3) is 6.08 Å². The van der Waals surface area contributed by atoms with Crippen molar-refractivity contribution in [2.24, 2.45) is 5.92 Å². The summed E-state index contributed by atoms with van der Waals surface area (Å²) < 4.78 is 6.12. The van der Waals surface area contributed by atoms with Crippen molar-refractivity contribution >= 4 is 29.4 Å². The average Bonchev–Trinajstić information content (AvgIpc) is 3.19. The number of nitrogens with one attached hydrogen (secondary N) is 1. The van der Waals surface area contributed by atoms with Gasteiger partial charge in [-0.25, -0.2) is 0 Å². The number of carbonyl (C=O) groups excluding carboxylic acids is 1. The van der Waals surface area contributed by atoms with E-state index >= 15 is 0 Å². The molecule has 3 aromatic carbocycles. The minimum absolute atomic E-state index is 0.106. The highest BCUT2D eigenvalue weighted by molar-refractivity contribution is 8.05. The van der Waals surface area contributed by atoms with Crippen LogP contribution in [-0.2, 0) is 11.4 Å². The third-order valence-electron chi connectivity index (χ3n) is 7.83. The molecule has 2 aliphatic rings. The standard InChI is InChI=1S/C33H38N2O2S/c1-22-18-24(3)29(25(4)19-22)21-37-28-16-14-26(15-17-28)20-31-32(36)35(30-13-9-8-10-23(30)2)33(38-31)34-27-11-6-5-7-12-27/h5-7,11-12,14-20,23,30,33-34H,8-10,13,21H2,1-4H3/b31-20-/t23-,30+,33?/m1/s1. The number of benzene rings is 3. The Labute approximate surface area is 231 Å². The molecule has 5 rings (SSSR count). The smallest absolute Gasteiger partial charge is 0.262 e. The molecule has 3 aromatic rings. The van der Waals surface area contributed by atoms with Crippen LogP contribution < -0.4 is 10.1 Å². The monoisotopic (exact) mass is 526 g/mol. The van der Waals surface area contributed by atoms with Crippen LogP contribution >= 0.6 is 11.8 Å². The van der Waals surface area contributed by atoms with Crippen molar-refractivity contribution in [2.75, 3.05) is 5.32 Å². The van der Waals surface area contributed by atoms with Gasteiger partial charge in [-0.1, -0.05) is 79.6 Å². The van der Waals surface area contributed by atoms with E-state index in [2.05, 4.69) is 62.2 Å². The lowest BCUT2D eigenvalue weighted by Gasteiger charge is -2.39. The highest BCUT2D eigenvalue weighted by atomic mass is 32.2. The van der Waals surface area contributed by atoms with E-state index in [1.54, 1.807) is 11.8 Å². The predicted molar refractivity (Wildman–Crippen MR) is 159 cm³/mol. The fraction of sp³-hybridized carbons (Fsp3) is 0.364. The van der Waals surface area contributed by atoms with Gasteiger partial charge in [0.15, 0.2) is 5.50 Å². The zero-order valence-electron chi connectivity index (χ0n) is 22.9. The zero-order valence-corrected chi connectivity index (χ0v) is 23.7. The van der Waals surface area contributed by atoms with E-state index in [4.69, 9.17) is 4.74 Å². The summed E-state index contributed by atoms with van der Waals surface area (Å²) in [5, 5.41) is 3.62. The maximum atomic E-state index is 13.7. The molecule has 1 aliphatic heterocycles. The Morgan fingerprint density at radius 2 is 1.66 bits per heavy atom. The molecule has 0 radical (unpaired) electrons. The van der Waals surface area contributed by atoms with Gasteiger partial charge in [-0.15, -0.1) is 0 Å². The van der Waals surface area contributed by atoms with Crippen molar-refractivity contribution in [1.29, 1.82) is 0 Å². The van der Waals surface area contributed by atoms with Gasteiger partial charge >= 0.3 is 0 Å². The Hall–Kier alpha value is -3.18. The van der Waals surface area contributed by atoms with Crippen LogP contribution in [-0.4, -0.2) is 22.3 Å². The molecule has 1 saturated heterocycles. The molecule has 1 aliphatic carbocycles. The molecule has 0 aromatic heterocycles. The average molecular weight is 527 g/mol. The summed E-state index contributed by atoms with van der Waals surface area (Å²) in [5.74, 6) is 1.47. The number of anilines is 1. The number of nitrogens with zero attached hydrogens (tertiary/aromatic N) is 1. The molecule has 1 saturated carbocycles. The van der Waals surface area contributed by atoms with Gasteiger partial charge in [-0.3, -0.25) is 4.79 Å². The Morgan fingerprint density at radius 1 is 0.974 bits per heavy atom. The number of amides is 1. The first-order valence-corrected chi connectivity index (χ1v) is 14.6. The highest BCUT2D eigenvalue weighted by Crippen LogP contribution is 2.42. The maximum absolute atomic E-state index is 13.7. The predicted octanol–water partition coefficient (Wildman–Crippen LogP) is 8.08. The number of aryl methyl sites for hydroxylation is 3. The van der Waals surface area contributed by atoms with Gasteiger partial charge in [0.25, 0.3) is 5.91 Å². The van der Waals surface area contributed by atoms with Crippen molar-refractivity contribution in [1.82, 2.24) is 4.90 Å². The van der Waals surface area contributed by atoms with Crippen molar-refractivity contribution in [2.45, 2.75) is 71.5 Å². The van der Waals surface area contributed by atoms with Crippen LogP contribution in [0.3, 0.4) is 0 Å². The Balaban J connectivity index is 1.32. The minimum atomic E-state index is -0.106. The van der Waals surface area contributed by atoms with Crippen LogP contribution in [0, 0.1) is 26.7 Å². The first kappa shape index (κ1) is 26.4. The molecule has 5 heteroatoms. The molecule has 4 nitrogen and oxygen atoms in total. The Bertz CT molecular complexity index is 1280. The van der Waals surface area contributed by atoms with Crippen LogP contribution in [0.15, 0.2) is 71.6 Å². The summed E-state index contributed by atoms with van der Waals surface area (Å²) in [4.78, 5) is 16.6. The van der Waals surface area contributed by atoms with E-state index in [1.807, 2.05) is 48.5 Å². The second kappa shape index (κ2) is 11.7. The molecular formula is C33H38N2O2S. The van der Waals surface area contributed by atoms with Gasteiger partial charge < -0.3 is 15.0 Å². The molecule has 1 amide bonds. The summed E-state index contributed by atoms with van der Waals surface area (Å²) in [7, 11) is 0. The highest BCUT2D eigenvalue weighted by Gasteiger charge is 2.42. The molecule has 0 bridgehead atoms. The molecule has 2 fully saturated rings. The van der Waals surface area contributed by atoms with E-state index in [-0.39, 0.29) is 17.4 Å². The lowest BCUT2D eigenvalue weighted by Crippen LogP contribution is -2.48. The van der Waals surface area contributed by atoms with E-state index in [9.17, 15) is 4.79 Å². The SMILES string of the molecule is Cc1cc(C)c(COc2ccc(/C=C3\SC(Nc4ccccc4)N([C@H]4CCCC[C@H]4C)C3=O)cc2)c(C)c1. The first-order chi connectivity index (χ1) is 18.4. The number of ether oxygens (including phenoxy) is 1. The Kier molecular flexibility index (Phi) is 8.13. The maximum Gasteiger partial charge on any atom is 0.262 e. The van der Waals surface area contributed by atoms with Gasteiger partial charge in [0.05, 0.1) is 4.91 Å². The van der Waals surface area contributed by atoms with Gasteiger partial charge in [-0.2, -0.15) is 0 Å². The summed E-state index contributed by atoms with van der Waals surface area (Å²) in [6.45, 7) is 9.25. The summed E-state index contributed by atoms with van der Waals surface area (Å²) in [6.07, 6.45) is 6.71. The number of hydrogen-bond acceptors (Lipinski definition) is 4. The number of para-hydroxylation sites is 1. The van der Waals surface area contributed by atoms with E-state index < -0.39 is 0 Å². The molecule has 1 unspecified atom stereocenters. The molecule has 1 N–H and O–H groups in total. The molecular weight excluding hydrogens is 488 g/mol. The Morgan fingerprint density at radius 3 is 2.34 bits per heavy atom. The van der Waals surface area contributed by atoms with Crippen molar-refractivity contribution in [3.63, 3.8) is 0 Å². The second-order valence-electron chi connectivity index (χ2n) is 10.8. The third-order valence-corrected chi connectivity index (χ3v) is 8.94. The van der Waals surface area contributed by atoms with E-state index in [1.165, 1.54) is 41.5 Å². The quantitative estimate of drug-likeness (QED) is 0.316. The minimum Gasteiger partial charge on any atom is -0.489 e. The van der Waals surface area contributed by atoms with Crippen LogP contribution in [0.5, 0.6) is 5.75 Å². The fourth-order valence-corrected chi connectivity index (χ4v) is 6.98. The molecule has 198 valence electrons. The summed E-state index contributed by atoms with van der Waals surface area (Å²) in [5.41, 5.74) is 6.97. The summed E-state index contributed by atoms with van der Waals surface area (Å²) in [6, 6.07) is 22.9. The first-order valence-electron chi connectivity index (χ1n) is 13.7. The number of carbonyl (C=O) groups is 1. The molecule has 3 atom stereocenters. The number of rotatable bonds is 7. The van der Waals surface area contributed by atoms with Crippen molar-refractivity contribution in [3.05, 3.63) is 99.5 Å². The third kappa shape index (κ3) is 5.94. The number of hydrogen-bond donors (Lipinski definition) is 1. The van der Waals surface area contributed by atoms with Gasteiger partial charge in [0.1, 0.15) is 12.4 Å². The topological polar surface area (TPSA) is 41.6 Å². The van der Waals surface area contributed by atoms with Gasteiger partial charge in [0.2, 0.25) is 0 Å². The van der Waals surface area contributed by atoms with Gasteiger partial charge in [0, 0.05) is 11.7 Å². The lowest BCUT2D eigenvalue weighted by atomic mass is 9.85. The normalized spacial score (nSPS) is 22.6. The largest absolute Gasteiger partial charge is 0.489 e. The molecule has 1 heterocycles. The number of thioether (sulfide) groups is 1. The molecule has 0 spiro atoms. The van der Waals surface area contributed by atoms with Crippen molar-refractivity contribution in [3.8, 4) is 5.75 Å². The van der Waals surface area contributed by atoms with E-state index in [0.29, 0.717) is 12.5 Å². The zero-order chi connectivity index (χ0) is 26.6. The molecule has 38 heavy (non-hydrogen) atoms. The van der Waals surface area contributed by atoms with Gasteiger partial charge in [-0.05, 0) is 92.1 Å².